The summed E-state index contributed by atoms with van der Waals surface area (Å²) in [5, 5.41) is 24.4. The molecule has 1 heterocycles. The van der Waals surface area contributed by atoms with Gasteiger partial charge in [-0.05, 0) is 75.8 Å². The van der Waals surface area contributed by atoms with Crippen LogP contribution in [0.3, 0.4) is 0 Å². The molecule has 0 radical (unpaired) electrons. The molecule has 1 aromatic heterocycles. The van der Waals surface area contributed by atoms with E-state index in [1.54, 1.807) is 31.2 Å². The number of nitriles is 2. The van der Waals surface area contributed by atoms with E-state index in [1.165, 1.54) is 23.5 Å². The molecular formula is C34H15F5N4S. The van der Waals surface area contributed by atoms with Gasteiger partial charge in [0.2, 0.25) is 12.4 Å². The van der Waals surface area contributed by atoms with Crippen LogP contribution in [0.15, 0.2) is 82.8 Å². The molecule has 0 spiro atoms. The fourth-order valence-corrected chi connectivity index (χ4v) is 7.15. The molecule has 0 atom stereocenters. The van der Waals surface area contributed by atoms with E-state index >= 15 is 0 Å². The Bertz CT molecular complexity index is 2550. The number of rotatable bonds is 2. The molecule has 0 saturated heterocycles. The van der Waals surface area contributed by atoms with Crippen molar-refractivity contribution in [2.75, 3.05) is 0 Å². The zero-order valence-corrected chi connectivity index (χ0v) is 23.3. The summed E-state index contributed by atoms with van der Waals surface area (Å²) in [6.45, 7) is 1.69. The molecule has 0 aliphatic heterocycles. The summed E-state index contributed by atoms with van der Waals surface area (Å²) in [6, 6.07) is 18.5. The summed E-state index contributed by atoms with van der Waals surface area (Å²) in [6.07, 6.45) is -1.10. The minimum Gasteiger partial charge on any atom is -0.207 e. The van der Waals surface area contributed by atoms with Crippen LogP contribution >= 0.6 is 11.3 Å². The summed E-state index contributed by atoms with van der Waals surface area (Å²) in [5.74, 6) is -1.71. The van der Waals surface area contributed by atoms with E-state index in [2.05, 4.69) is 9.98 Å². The standard InChI is InChI=1S/C34H15F5N4S/c1-16-2-3-19(12-26(16)35)17-4-7-21-23(10-17)30(42-14-40)32-28(21)29-22-8-5-18(11-24(22)31(43-15-41)33(29)44-32)20-6-9-25(27(36)13-20)34(37,38)39/h2-13H,1H3. The van der Waals surface area contributed by atoms with Gasteiger partial charge in [-0.1, -0.05) is 42.5 Å². The van der Waals surface area contributed by atoms with Gasteiger partial charge in [0.1, 0.15) is 22.3 Å². The zero-order valence-electron chi connectivity index (χ0n) is 22.5. The topological polar surface area (TPSA) is 72.3 Å². The van der Waals surface area contributed by atoms with Crippen molar-refractivity contribution in [3.63, 3.8) is 0 Å². The van der Waals surface area contributed by atoms with Crippen LogP contribution in [0.2, 0.25) is 0 Å². The molecule has 0 aliphatic carbocycles. The Hall–Kier alpha value is -5.45. The number of alkyl halides is 3. The quantitative estimate of drug-likeness (QED) is 0.146. The van der Waals surface area contributed by atoms with Crippen molar-refractivity contribution in [3.8, 4) is 34.6 Å². The number of nitrogens with zero attached hydrogens (tertiary/aromatic N) is 4. The molecule has 0 N–H and O–H groups in total. The van der Waals surface area contributed by atoms with Crippen LogP contribution in [0.5, 0.6) is 0 Å². The molecular weight excluding hydrogens is 591 g/mol. The van der Waals surface area contributed by atoms with Gasteiger partial charge >= 0.3 is 6.18 Å². The number of halogens is 5. The van der Waals surface area contributed by atoms with Crippen molar-refractivity contribution >= 4 is 53.1 Å². The second-order valence-corrected chi connectivity index (χ2v) is 11.3. The predicted molar refractivity (Wildman–Crippen MR) is 160 cm³/mol. The average molecular weight is 607 g/mol. The van der Waals surface area contributed by atoms with Crippen LogP contribution in [0, 0.1) is 41.5 Å². The lowest BCUT2D eigenvalue weighted by Crippen LogP contribution is -2.07. The number of thiophene rings is 1. The van der Waals surface area contributed by atoms with Gasteiger partial charge in [-0.15, -0.1) is 11.3 Å². The van der Waals surface area contributed by atoms with Crippen LogP contribution in [-0.2, 0) is 6.18 Å². The van der Waals surface area contributed by atoms with Gasteiger partial charge in [0.25, 0.3) is 0 Å². The summed E-state index contributed by atoms with van der Waals surface area (Å²) >= 11 is 1.33. The Kier molecular flexibility index (Phi) is 6.10. The van der Waals surface area contributed by atoms with Crippen LogP contribution in [-0.4, -0.2) is 0 Å². The van der Waals surface area contributed by atoms with Gasteiger partial charge in [0.05, 0.1) is 15.0 Å². The molecule has 0 bridgehead atoms. The van der Waals surface area contributed by atoms with Crippen molar-refractivity contribution in [3.05, 3.63) is 106 Å². The maximum atomic E-state index is 14.4. The highest BCUT2D eigenvalue weighted by atomic mass is 32.1. The second kappa shape index (κ2) is 9.80. The molecule has 7 aromatic rings. The molecule has 7 rings (SSSR count). The largest absolute Gasteiger partial charge is 0.419 e. The lowest BCUT2D eigenvalue weighted by atomic mass is 10.00. The van der Waals surface area contributed by atoms with E-state index in [-0.39, 0.29) is 11.4 Å². The average Bonchev–Trinajstić information content (AvgIpc) is 3.61. The van der Waals surface area contributed by atoms with Gasteiger partial charge in [0, 0.05) is 21.5 Å². The minimum atomic E-state index is -4.82. The first-order valence-electron chi connectivity index (χ1n) is 13.1. The summed E-state index contributed by atoms with van der Waals surface area (Å²) in [5.41, 5.74) is 1.30. The monoisotopic (exact) mass is 606 g/mol. The van der Waals surface area contributed by atoms with Gasteiger partial charge in [0.15, 0.2) is 0 Å². The summed E-state index contributed by atoms with van der Waals surface area (Å²) in [4.78, 5) is 8.22. The third-order valence-electron chi connectivity index (χ3n) is 7.86. The van der Waals surface area contributed by atoms with Crippen LogP contribution in [0.25, 0.3) is 64.0 Å². The van der Waals surface area contributed by atoms with Gasteiger partial charge in [-0.3, -0.25) is 0 Å². The van der Waals surface area contributed by atoms with Gasteiger partial charge < -0.3 is 0 Å². The first kappa shape index (κ1) is 27.4. The number of hydrogen-bond acceptors (Lipinski definition) is 5. The number of benzene rings is 4. The van der Waals surface area contributed by atoms with Crippen LogP contribution < -0.4 is 10.7 Å². The molecule has 0 saturated carbocycles. The highest BCUT2D eigenvalue weighted by Crippen LogP contribution is 2.43. The summed E-state index contributed by atoms with van der Waals surface area (Å²) < 4.78 is 69.5. The van der Waals surface area contributed by atoms with E-state index in [9.17, 15) is 32.5 Å². The lowest BCUT2D eigenvalue weighted by molar-refractivity contribution is -0.139. The molecule has 10 heteroatoms. The van der Waals surface area contributed by atoms with Crippen molar-refractivity contribution < 1.29 is 22.0 Å². The number of hydrogen-bond donors (Lipinski definition) is 0. The highest BCUT2D eigenvalue weighted by Gasteiger charge is 2.34. The van der Waals surface area contributed by atoms with Crippen LogP contribution in [0.1, 0.15) is 11.1 Å². The minimum absolute atomic E-state index is 0.240. The van der Waals surface area contributed by atoms with Crippen molar-refractivity contribution in [2.24, 2.45) is 9.98 Å². The maximum Gasteiger partial charge on any atom is 0.419 e. The van der Waals surface area contributed by atoms with E-state index in [0.29, 0.717) is 48.9 Å². The Labute approximate surface area is 249 Å². The van der Waals surface area contributed by atoms with Gasteiger partial charge in [-0.2, -0.15) is 33.7 Å². The fourth-order valence-electron chi connectivity index (χ4n) is 5.82. The zero-order chi connectivity index (χ0) is 30.9. The summed E-state index contributed by atoms with van der Waals surface area (Å²) in [7, 11) is 0. The smallest absolute Gasteiger partial charge is 0.207 e. The lowest BCUT2D eigenvalue weighted by Gasteiger charge is -2.09. The molecule has 212 valence electrons. The molecule has 0 unspecified atom stereocenters. The van der Waals surface area contributed by atoms with E-state index in [4.69, 9.17) is 0 Å². The predicted octanol–water partition coefficient (Wildman–Crippen LogP) is 8.94. The molecule has 6 aromatic carbocycles. The van der Waals surface area contributed by atoms with E-state index in [1.807, 2.05) is 36.7 Å². The van der Waals surface area contributed by atoms with Crippen molar-refractivity contribution in [1.82, 2.24) is 0 Å². The first-order chi connectivity index (χ1) is 21.1. The number of aryl methyl sites for hydroxylation is 1. The SMILES string of the molecule is Cc1ccc(-c2ccc3c(c2)c(=NC#N)c2sc4c(=NC#N)c5cc(-c6ccc(C(F)(F)F)c(F)c6)ccc5c4c23)cc1F. The third kappa shape index (κ3) is 4.07. The fraction of sp³-hybridized carbons (Fsp3) is 0.0588. The second-order valence-electron chi connectivity index (χ2n) is 10.3. The van der Waals surface area contributed by atoms with Crippen molar-refractivity contribution in [2.45, 2.75) is 13.1 Å². The van der Waals surface area contributed by atoms with Crippen LogP contribution in [0.4, 0.5) is 22.0 Å². The Morgan fingerprint density at radius 1 is 0.614 bits per heavy atom. The Balaban J connectivity index is 1.51. The maximum absolute atomic E-state index is 14.4. The molecule has 0 amide bonds. The van der Waals surface area contributed by atoms with Crippen molar-refractivity contribution in [1.29, 1.82) is 10.5 Å². The molecule has 0 aliphatic rings. The molecule has 4 nitrogen and oxygen atoms in total. The number of fused-ring (bicyclic) bond motifs is 7. The van der Waals surface area contributed by atoms with E-state index in [0.717, 1.165) is 37.9 Å². The van der Waals surface area contributed by atoms with E-state index < -0.39 is 17.6 Å². The Morgan fingerprint density at radius 2 is 1.07 bits per heavy atom. The normalized spacial score (nSPS) is 13.0. The third-order valence-corrected chi connectivity index (χ3v) is 9.07. The molecule has 0 fully saturated rings. The van der Waals surface area contributed by atoms with Gasteiger partial charge in [-0.25, -0.2) is 8.78 Å². The Morgan fingerprint density at radius 3 is 1.52 bits per heavy atom. The highest BCUT2D eigenvalue weighted by molar-refractivity contribution is 7.26. The molecule has 44 heavy (non-hydrogen) atoms. The first-order valence-corrected chi connectivity index (χ1v) is 14.0.